The van der Waals surface area contributed by atoms with Crippen molar-refractivity contribution >= 4 is 28.3 Å². The molecule has 0 aliphatic carbocycles. The lowest BCUT2D eigenvalue weighted by Crippen LogP contribution is -2.09. The first-order valence-corrected chi connectivity index (χ1v) is 9.91. The zero-order valence-corrected chi connectivity index (χ0v) is 17.6. The molecule has 1 N–H and O–H groups in total. The Balaban J connectivity index is 1.53. The number of carbonyl (C=O) groups is 1. The van der Waals surface area contributed by atoms with Crippen molar-refractivity contribution in [3.8, 4) is 17.7 Å². The number of aromatic nitrogens is 8. The van der Waals surface area contributed by atoms with E-state index in [0.29, 0.717) is 17.2 Å². The minimum absolute atomic E-state index is 0.128. The molecule has 11 nitrogen and oxygen atoms in total. The molecule has 11 heteroatoms. The van der Waals surface area contributed by atoms with Gasteiger partial charge in [0.1, 0.15) is 18.2 Å². The van der Waals surface area contributed by atoms with Gasteiger partial charge in [-0.05, 0) is 56.3 Å². The highest BCUT2D eigenvalue weighted by atomic mass is 16.1. The van der Waals surface area contributed by atoms with Crippen molar-refractivity contribution in [3.05, 3.63) is 71.9 Å². The van der Waals surface area contributed by atoms with Gasteiger partial charge in [0.15, 0.2) is 23.1 Å². The molecular weight excluding hydrogens is 420 g/mol. The molecule has 5 aromatic rings. The smallest absolute Gasteiger partial charge is 0.183 e. The summed E-state index contributed by atoms with van der Waals surface area (Å²) < 4.78 is 3.13. The van der Waals surface area contributed by atoms with E-state index in [-0.39, 0.29) is 17.3 Å². The third-order valence-electron chi connectivity index (χ3n) is 4.93. The zero-order valence-electron chi connectivity index (χ0n) is 17.6. The summed E-state index contributed by atoms with van der Waals surface area (Å²) >= 11 is 0. The first kappa shape index (κ1) is 20.0. The average Bonchev–Trinajstić information content (AvgIpc) is 3.47. The number of ketones is 1. The minimum Gasteiger partial charge on any atom is -0.339 e. The van der Waals surface area contributed by atoms with Gasteiger partial charge in [0.05, 0.1) is 28.5 Å². The molecule has 5 rings (SSSR count). The summed E-state index contributed by atoms with van der Waals surface area (Å²) in [5, 5.41) is 28.1. The second-order valence-corrected chi connectivity index (χ2v) is 7.26. The summed E-state index contributed by atoms with van der Waals surface area (Å²) in [5.74, 6) is 1.28. The lowest BCUT2D eigenvalue weighted by atomic mass is 10.2. The number of nitrogens with one attached hydrogen (secondary N) is 1. The molecule has 0 radical (unpaired) electrons. The Labute approximate surface area is 187 Å². The summed E-state index contributed by atoms with van der Waals surface area (Å²) in [6.07, 6.45) is 3.08. The molecule has 0 unspecified atom stereocenters. The molecule has 0 saturated carbocycles. The van der Waals surface area contributed by atoms with Crippen molar-refractivity contribution in [1.82, 2.24) is 39.7 Å². The largest absolute Gasteiger partial charge is 0.339 e. The number of hydrogen-bond donors (Lipinski definition) is 1. The number of imidazole rings is 1. The molecule has 0 spiro atoms. The summed E-state index contributed by atoms with van der Waals surface area (Å²) in [4.78, 5) is 21.2. The van der Waals surface area contributed by atoms with E-state index in [1.807, 2.05) is 43.3 Å². The van der Waals surface area contributed by atoms with Crippen molar-refractivity contribution < 1.29 is 4.79 Å². The van der Waals surface area contributed by atoms with Gasteiger partial charge in [-0.25, -0.2) is 14.6 Å². The quantitative estimate of drug-likeness (QED) is 0.412. The maximum atomic E-state index is 12.1. The van der Waals surface area contributed by atoms with Crippen molar-refractivity contribution in [2.45, 2.75) is 13.8 Å². The van der Waals surface area contributed by atoms with E-state index in [0.717, 1.165) is 22.4 Å². The van der Waals surface area contributed by atoms with Gasteiger partial charge in [-0.2, -0.15) is 10.4 Å². The van der Waals surface area contributed by atoms with Crippen molar-refractivity contribution in [2.75, 3.05) is 5.32 Å². The fourth-order valence-electron chi connectivity index (χ4n) is 3.33. The van der Waals surface area contributed by atoms with Crippen LogP contribution < -0.4 is 5.32 Å². The Morgan fingerprint density at radius 3 is 2.70 bits per heavy atom. The molecule has 4 heterocycles. The van der Waals surface area contributed by atoms with E-state index < -0.39 is 0 Å². The van der Waals surface area contributed by atoms with Gasteiger partial charge in [0, 0.05) is 5.69 Å². The van der Waals surface area contributed by atoms with Gasteiger partial charge in [-0.15, -0.1) is 10.2 Å². The second kappa shape index (κ2) is 7.93. The number of fused-ring (bicyclic) bond motifs is 1. The van der Waals surface area contributed by atoms with E-state index in [2.05, 4.69) is 35.8 Å². The molecule has 0 fully saturated rings. The fourth-order valence-corrected chi connectivity index (χ4v) is 3.33. The maximum Gasteiger partial charge on any atom is 0.183 e. The van der Waals surface area contributed by atoms with E-state index in [9.17, 15) is 4.79 Å². The van der Waals surface area contributed by atoms with Crippen LogP contribution in [0.3, 0.4) is 0 Å². The van der Waals surface area contributed by atoms with E-state index in [1.54, 1.807) is 23.0 Å². The number of nitriles is 1. The van der Waals surface area contributed by atoms with Crippen molar-refractivity contribution in [3.63, 3.8) is 0 Å². The number of aryl methyl sites for hydroxylation is 1. The van der Waals surface area contributed by atoms with Gasteiger partial charge < -0.3 is 5.32 Å². The summed E-state index contributed by atoms with van der Waals surface area (Å²) in [5.41, 5.74) is 3.71. The monoisotopic (exact) mass is 436 g/mol. The number of nitrogens with zero attached hydrogens (tertiary/aromatic N) is 9. The van der Waals surface area contributed by atoms with E-state index in [4.69, 9.17) is 5.26 Å². The second-order valence-electron chi connectivity index (χ2n) is 7.26. The molecule has 33 heavy (non-hydrogen) atoms. The predicted octanol–water partition coefficient (Wildman–Crippen LogP) is 2.92. The molecule has 0 aliphatic rings. The number of carbonyl (C=O) groups excluding carboxylic acids is 1. The molecule has 0 bridgehead atoms. The van der Waals surface area contributed by atoms with Crippen LogP contribution >= 0.6 is 0 Å². The van der Waals surface area contributed by atoms with Crippen LogP contribution in [0.25, 0.3) is 22.7 Å². The van der Waals surface area contributed by atoms with Gasteiger partial charge in [0.2, 0.25) is 0 Å². The molecule has 4 aromatic heterocycles. The Morgan fingerprint density at radius 2 is 1.97 bits per heavy atom. The van der Waals surface area contributed by atoms with Crippen LogP contribution in [-0.2, 0) is 0 Å². The Hall–Kier alpha value is -4.98. The first-order chi connectivity index (χ1) is 16.0. The Kier molecular flexibility index (Phi) is 4.80. The first-order valence-electron chi connectivity index (χ1n) is 9.91. The number of rotatable bonds is 5. The average molecular weight is 436 g/mol. The molecule has 160 valence electrons. The van der Waals surface area contributed by atoms with E-state index in [1.165, 1.54) is 17.8 Å². The number of pyridine rings is 1. The topological polar surface area (TPSA) is 140 Å². The van der Waals surface area contributed by atoms with Crippen LogP contribution in [0, 0.1) is 18.3 Å². The number of Topliss-reactive ketones (excluding diaryl/α,β-unsaturated/α-hetero) is 1. The van der Waals surface area contributed by atoms with Crippen LogP contribution in [0.4, 0.5) is 11.5 Å². The highest BCUT2D eigenvalue weighted by molar-refractivity contribution is 5.97. The highest BCUT2D eigenvalue weighted by Crippen LogP contribution is 2.24. The summed E-state index contributed by atoms with van der Waals surface area (Å²) in [6.45, 7) is 3.32. The predicted molar refractivity (Wildman–Crippen MR) is 119 cm³/mol. The minimum atomic E-state index is -0.177. The highest BCUT2D eigenvalue weighted by Gasteiger charge is 2.16. The number of anilines is 2. The van der Waals surface area contributed by atoms with Crippen molar-refractivity contribution in [2.24, 2.45) is 0 Å². The van der Waals surface area contributed by atoms with Crippen LogP contribution in [0.1, 0.15) is 28.7 Å². The summed E-state index contributed by atoms with van der Waals surface area (Å²) in [7, 11) is 0. The van der Waals surface area contributed by atoms with Gasteiger partial charge in [-0.3, -0.25) is 9.36 Å². The summed E-state index contributed by atoms with van der Waals surface area (Å²) in [6, 6.07) is 14.8. The van der Waals surface area contributed by atoms with Crippen LogP contribution in [0.2, 0.25) is 0 Å². The third kappa shape index (κ3) is 3.77. The number of benzene rings is 1. The van der Waals surface area contributed by atoms with Crippen LogP contribution in [-0.4, -0.2) is 45.5 Å². The molecule has 0 atom stereocenters. The number of hydrogen-bond acceptors (Lipinski definition) is 9. The lowest BCUT2D eigenvalue weighted by molar-refractivity contribution is 0.101. The SMILES string of the molecule is CC(=O)c1ccc(-n2cnc3cc(Nc4ccc(C)nn4)ccc32)nc1-n1cc(C#N)nn1. The van der Waals surface area contributed by atoms with Crippen LogP contribution in [0.15, 0.2) is 55.0 Å². The molecule has 0 saturated heterocycles. The normalized spacial score (nSPS) is 10.8. The van der Waals surface area contributed by atoms with Crippen molar-refractivity contribution in [1.29, 1.82) is 5.26 Å². The fraction of sp³-hybridized carbons (Fsp3) is 0.0909. The van der Waals surface area contributed by atoms with Gasteiger partial charge >= 0.3 is 0 Å². The Bertz CT molecular complexity index is 1540. The van der Waals surface area contributed by atoms with Gasteiger partial charge in [-0.1, -0.05) is 5.21 Å². The third-order valence-corrected chi connectivity index (χ3v) is 4.93. The molecular formula is C22H16N10O. The standard InChI is InChI=1S/C22H16N10O/c1-13-3-7-20(29-27-13)25-15-4-6-19-18(9-15)24-12-31(19)21-8-5-17(14(2)33)22(26-21)32-11-16(10-23)28-30-32/h3-9,11-12H,1-2H3,(H,25,29). The zero-order chi connectivity index (χ0) is 22.9. The Morgan fingerprint density at radius 1 is 1.09 bits per heavy atom. The molecule has 1 aromatic carbocycles. The van der Waals surface area contributed by atoms with Gasteiger partial charge in [0.25, 0.3) is 0 Å². The van der Waals surface area contributed by atoms with Crippen LogP contribution in [0.5, 0.6) is 0 Å². The van der Waals surface area contributed by atoms with E-state index >= 15 is 0 Å². The maximum absolute atomic E-state index is 12.1. The molecule has 0 amide bonds. The lowest BCUT2D eigenvalue weighted by Gasteiger charge is -2.10. The molecule has 0 aliphatic heterocycles.